The van der Waals surface area contributed by atoms with Crippen LogP contribution in [0.2, 0.25) is 0 Å². The van der Waals surface area contributed by atoms with E-state index in [2.05, 4.69) is 4.98 Å². The normalized spacial score (nSPS) is 9.12. The van der Waals surface area contributed by atoms with Crippen molar-refractivity contribution < 1.29 is 9.18 Å². The highest BCUT2D eigenvalue weighted by atomic mass is 19.1. The van der Waals surface area contributed by atoms with Crippen molar-refractivity contribution in [1.29, 1.82) is 0 Å². The minimum atomic E-state index is -0.500. The summed E-state index contributed by atoms with van der Waals surface area (Å²) in [6.07, 6.45) is 2.90. The Morgan fingerprint density at radius 2 is 2.38 bits per heavy atom. The van der Waals surface area contributed by atoms with Gasteiger partial charge >= 0.3 is 0 Å². The number of hydrogen-bond donors (Lipinski definition) is 1. The SMILES string of the molecule is O=Cc1c[nH]cc1F. The van der Waals surface area contributed by atoms with Crippen LogP contribution in [-0.2, 0) is 0 Å². The molecule has 8 heavy (non-hydrogen) atoms. The predicted molar refractivity (Wildman–Crippen MR) is 26.1 cm³/mol. The molecule has 0 radical (unpaired) electrons. The summed E-state index contributed by atoms with van der Waals surface area (Å²) in [5.74, 6) is -0.500. The number of aromatic amines is 1. The van der Waals surface area contributed by atoms with Gasteiger partial charge in [0.25, 0.3) is 0 Å². The molecule has 0 aliphatic carbocycles. The molecule has 0 amide bonds. The van der Waals surface area contributed by atoms with Gasteiger partial charge in [-0.1, -0.05) is 0 Å². The van der Waals surface area contributed by atoms with Crippen molar-refractivity contribution in [3.63, 3.8) is 0 Å². The number of carbonyl (C=O) groups excluding carboxylic acids is 1. The Kier molecular flexibility index (Phi) is 1.12. The molecule has 1 aromatic heterocycles. The molecule has 2 nitrogen and oxygen atoms in total. The number of hydrogen-bond acceptors (Lipinski definition) is 1. The first-order valence-electron chi connectivity index (χ1n) is 2.12. The molecule has 0 saturated heterocycles. The van der Waals surface area contributed by atoms with Gasteiger partial charge in [-0.25, -0.2) is 4.39 Å². The Balaban J connectivity index is 3.09. The molecule has 0 aromatic carbocycles. The highest BCUT2D eigenvalue weighted by Crippen LogP contribution is 1.99. The van der Waals surface area contributed by atoms with Gasteiger partial charge in [-0.05, 0) is 0 Å². The van der Waals surface area contributed by atoms with Gasteiger partial charge in [-0.2, -0.15) is 0 Å². The minimum absolute atomic E-state index is 0.0741. The molecule has 1 heterocycles. The summed E-state index contributed by atoms with van der Waals surface area (Å²) in [6.45, 7) is 0. The number of H-pyrrole nitrogens is 1. The van der Waals surface area contributed by atoms with Crippen LogP contribution in [0.4, 0.5) is 4.39 Å². The molecule has 0 aliphatic heterocycles. The summed E-state index contributed by atoms with van der Waals surface area (Å²) in [5.41, 5.74) is 0.0741. The fourth-order valence-corrected chi connectivity index (χ4v) is 0.447. The van der Waals surface area contributed by atoms with Crippen LogP contribution < -0.4 is 0 Å². The summed E-state index contributed by atoms with van der Waals surface area (Å²) in [6, 6.07) is 0. The zero-order valence-electron chi connectivity index (χ0n) is 4.02. The van der Waals surface area contributed by atoms with E-state index in [1.807, 2.05) is 0 Å². The lowest BCUT2D eigenvalue weighted by molar-refractivity contribution is 0.112. The van der Waals surface area contributed by atoms with Crippen LogP contribution in [-0.4, -0.2) is 11.3 Å². The molecule has 0 unspecified atom stereocenters. The Morgan fingerprint density at radius 3 is 2.62 bits per heavy atom. The molecule has 1 rings (SSSR count). The van der Waals surface area contributed by atoms with Gasteiger partial charge in [0.2, 0.25) is 0 Å². The number of halogens is 1. The van der Waals surface area contributed by atoms with Crippen LogP contribution in [0.1, 0.15) is 10.4 Å². The second-order valence-corrected chi connectivity index (χ2v) is 1.38. The largest absolute Gasteiger partial charge is 0.364 e. The van der Waals surface area contributed by atoms with Gasteiger partial charge in [-0.15, -0.1) is 0 Å². The standard InChI is InChI=1S/C5H4FNO/c6-5-2-7-1-4(5)3-8/h1-3,7H. The highest BCUT2D eigenvalue weighted by Gasteiger charge is 1.97. The van der Waals surface area contributed by atoms with Crippen molar-refractivity contribution >= 4 is 6.29 Å². The lowest BCUT2D eigenvalue weighted by Crippen LogP contribution is -1.75. The molecule has 42 valence electrons. The van der Waals surface area contributed by atoms with E-state index in [4.69, 9.17) is 0 Å². The van der Waals surface area contributed by atoms with E-state index in [1.54, 1.807) is 0 Å². The number of carbonyl (C=O) groups is 1. The third-order valence-electron chi connectivity index (χ3n) is 0.852. The first kappa shape index (κ1) is 5.03. The molecule has 0 atom stereocenters. The van der Waals surface area contributed by atoms with Crippen LogP contribution in [0.25, 0.3) is 0 Å². The summed E-state index contributed by atoms with van der Waals surface area (Å²) in [5, 5.41) is 0. The van der Waals surface area contributed by atoms with Gasteiger partial charge in [0, 0.05) is 12.4 Å². The molecule has 1 N–H and O–H groups in total. The molecular weight excluding hydrogens is 109 g/mol. The molecule has 0 fully saturated rings. The Labute approximate surface area is 45.3 Å². The third-order valence-corrected chi connectivity index (χ3v) is 0.852. The third kappa shape index (κ3) is 0.621. The van der Waals surface area contributed by atoms with E-state index in [9.17, 15) is 9.18 Å². The van der Waals surface area contributed by atoms with E-state index in [1.165, 1.54) is 6.20 Å². The highest BCUT2D eigenvalue weighted by molar-refractivity contribution is 5.74. The molecule has 0 spiro atoms. The van der Waals surface area contributed by atoms with E-state index < -0.39 is 5.82 Å². The smallest absolute Gasteiger partial charge is 0.154 e. The maximum atomic E-state index is 12.1. The Morgan fingerprint density at radius 1 is 1.62 bits per heavy atom. The maximum absolute atomic E-state index is 12.1. The summed E-state index contributed by atoms with van der Waals surface area (Å²) >= 11 is 0. The Hall–Kier alpha value is -1.12. The maximum Gasteiger partial charge on any atom is 0.154 e. The lowest BCUT2D eigenvalue weighted by Gasteiger charge is -1.74. The zero-order valence-corrected chi connectivity index (χ0v) is 4.02. The van der Waals surface area contributed by atoms with E-state index in [0.29, 0.717) is 6.29 Å². The van der Waals surface area contributed by atoms with Gasteiger partial charge in [-0.3, -0.25) is 4.79 Å². The van der Waals surface area contributed by atoms with Crippen molar-refractivity contribution in [2.24, 2.45) is 0 Å². The average molecular weight is 113 g/mol. The van der Waals surface area contributed by atoms with Gasteiger partial charge in [0.05, 0.1) is 5.56 Å². The predicted octanol–water partition coefficient (Wildman–Crippen LogP) is 0.966. The number of aromatic nitrogens is 1. The summed E-state index contributed by atoms with van der Waals surface area (Å²) < 4.78 is 12.1. The fourth-order valence-electron chi connectivity index (χ4n) is 0.447. The van der Waals surface area contributed by atoms with Crippen molar-refractivity contribution in [2.75, 3.05) is 0 Å². The van der Waals surface area contributed by atoms with Crippen molar-refractivity contribution in [1.82, 2.24) is 4.98 Å². The number of rotatable bonds is 1. The fraction of sp³-hybridized carbons (Fsp3) is 0. The molecular formula is C5H4FNO. The number of nitrogens with one attached hydrogen (secondary N) is 1. The minimum Gasteiger partial charge on any atom is -0.364 e. The quantitative estimate of drug-likeness (QED) is 0.540. The van der Waals surface area contributed by atoms with Gasteiger partial charge in [0.15, 0.2) is 12.1 Å². The number of aldehydes is 1. The first-order chi connectivity index (χ1) is 3.84. The second-order valence-electron chi connectivity index (χ2n) is 1.38. The van der Waals surface area contributed by atoms with Crippen LogP contribution in [0.3, 0.4) is 0 Å². The van der Waals surface area contributed by atoms with Crippen LogP contribution in [0, 0.1) is 5.82 Å². The monoisotopic (exact) mass is 113 g/mol. The second kappa shape index (κ2) is 1.78. The van der Waals surface area contributed by atoms with Crippen LogP contribution in [0.15, 0.2) is 12.4 Å². The summed E-state index contributed by atoms with van der Waals surface area (Å²) in [7, 11) is 0. The Bertz CT molecular complexity index is 194. The molecule has 0 aliphatic rings. The van der Waals surface area contributed by atoms with Crippen LogP contribution >= 0.6 is 0 Å². The molecule has 1 aromatic rings. The van der Waals surface area contributed by atoms with Crippen molar-refractivity contribution in [3.8, 4) is 0 Å². The summed E-state index contributed by atoms with van der Waals surface area (Å²) in [4.78, 5) is 12.3. The zero-order chi connectivity index (χ0) is 5.98. The first-order valence-corrected chi connectivity index (χ1v) is 2.12. The van der Waals surface area contributed by atoms with E-state index >= 15 is 0 Å². The molecule has 0 saturated carbocycles. The topological polar surface area (TPSA) is 32.9 Å². The van der Waals surface area contributed by atoms with Crippen molar-refractivity contribution in [2.45, 2.75) is 0 Å². The van der Waals surface area contributed by atoms with Gasteiger partial charge in [0.1, 0.15) is 0 Å². The lowest BCUT2D eigenvalue weighted by atomic mass is 10.4. The van der Waals surface area contributed by atoms with Crippen molar-refractivity contribution in [3.05, 3.63) is 23.8 Å². The van der Waals surface area contributed by atoms with E-state index in [-0.39, 0.29) is 5.56 Å². The molecule has 3 heteroatoms. The van der Waals surface area contributed by atoms with E-state index in [0.717, 1.165) is 6.20 Å². The average Bonchev–Trinajstić information content (AvgIpc) is 2.14. The van der Waals surface area contributed by atoms with Crippen LogP contribution in [0.5, 0.6) is 0 Å². The molecule has 0 bridgehead atoms. The van der Waals surface area contributed by atoms with Gasteiger partial charge < -0.3 is 4.98 Å².